The first-order chi connectivity index (χ1) is 21.3. The van der Waals surface area contributed by atoms with Gasteiger partial charge < -0.3 is 14.7 Å². The minimum atomic E-state index is -1.33. The Hall–Kier alpha value is -2.52. The van der Waals surface area contributed by atoms with Crippen LogP contribution in [0.2, 0.25) is 10.0 Å². The van der Waals surface area contributed by atoms with E-state index in [0.717, 1.165) is 35.0 Å². The monoisotopic (exact) mass is 667 g/mol. The lowest BCUT2D eigenvalue weighted by molar-refractivity contribution is -0.161. The highest BCUT2D eigenvalue weighted by atomic mass is 35.5. The molecule has 2 fully saturated rings. The van der Waals surface area contributed by atoms with Crippen molar-refractivity contribution in [1.29, 1.82) is 0 Å². The van der Waals surface area contributed by atoms with Crippen molar-refractivity contribution in [2.24, 2.45) is 10.9 Å². The van der Waals surface area contributed by atoms with E-state index in [2.05, 4.69) is 50.0 Å². The number of allylic oxidation sites excluding steroid dienone is 1. The van der Waals surface area contributed by atoms with Gasteiger partial charge in [0.15, 0.2) is 10.7 Å². The van der Waals surface area contributed by atoms with E-state index in [-0.39, 0.29) is 29.8 Å². The Labute approximate surface area is 281 Å². The average molecular weight is 669 g/mol. The van der Waals surface area contributed by atoms with Gasteiger partial charge in [0.1, 0.15) is 11.1 Å². The molecule has 0 radical (unpaired) electrons. The second-order valence-corrected chi connectivity index (χ2v) is 15.5. The summed E-state index contributed by atoms with van der Waals surface area (Å²) in [6.07, 6.45) is 1.35. The number of carbonyl (C=O) groups excluding carboxylic acids is 2. The molecule has 0 N–H and O–H groups in total. The number of likely N-dealkylation sites (N-methyl/N-ethyl adjacent to an activating group) is 1. The van der Waals surface area contributed by atoms with Crippen LogP contribution in [0.1, 0.15) is 65.5 Å². The molecule has 2 aromatic rings. The molecule has 6 rings (SSSR count). The lowest BCUT2D eigenvalue weighted by Gasteiger charge is -2.52. The number of amides is 2. The fraction of sp³-hybridized carbons (Fsp3) is 0.514. The normalized spacial score (nSPS) is 31.8. The first-order valence-electron chi connectivity index (χ1n) is 15.9. The molecule has 0 aromatic heterocycles. The van der Waals surface area contributed by atoms with Crippen LogP contribution < -0.4 is 0 Å². The fourth-order valence-corrected chi connectivity index (χ4v) is 9.24. The van der Waals surface area contributed by atoms with Crippen molar-refractivity contribution in [3.8, 4) is 0 Å². The standard InChI is InChI=1S/C35H43Cl2N5O2S/c1-22(2)29-21-45-32-38-34(6,25-9-13-27(36)14-10-25)35(42(29)32,26-11-15-28(37)16-12-26)31(44)41-18-8-17-33(41,5)30(43)40-20-23(3)39(7)19-24(40)4/h9-16,21-24H,8,17-20H2,1-7H3/t23-,24-,33+,34-,35-/m0/s1. The maximum Gasteiger partial charge on any atom is 0.257 e. The summed E-state index contributed by atoms with van der Waals surface area (Å²) in [6, 6.07) is 15.5. The molecular weight excluding hydrogens is 625 g/mol. The summed E-state index contributed by atoms with van der Waals surface area (Å²) in [7, 11) is 2.11. The molecule has 0 bridgehead atoms. The van der Waals surface area contributed by atoms with E-state index in [0.29, 0.717) is 29.6 Å². The molecule has 2 amide bonds. The number of benzene rings is 2. The molecule has 5 atom stereocenters. The van der Waals surface area contributed by atoms with Crippen molar-refractivity contribution in [2.75, 3.05) is 26.7 Å². The number of nitrogens with zero attached hydrogens (tertiary/aromatic N) is 5. The molecule has 2 aromatic carbocycles. The van der Waals surface area contributed by atoms with Crippen molar-refractivity contribution in [1.82, 2.24) is 19.6 Å². The molecule has 0 unspecified atom stereocenters. The third-order valence-electron chi connectivity index (χ3n) is 10.6. The number of carbonyl (C=O) groups is 2. The van der Waals surface area contributed by atoms with Crippen LogP contribution in [0.3, 0.4) is 0 Å². The van der Waals surface area contributed by atoms with Crippen molar-refractivity contribution in [3.05, 3.63) is 80.8 Å². The lowest BCUT2D eigenvalue weighted by atomic mass is 9.67. The molecule has 0 saturated carbocycles. The van der Waals surface area contributed by atoms with E-state index in [4.69, 9.17) is 28.2 Å². The number of amidine groups is 1. The molecule has 240 valence electrons. The smallest absolute Gasteiger partial charge is 0.257 e. The van der Waals surface area contributed by atoms with E-state index in [9.17, 15) is 4.79 Å². The number of fused-ring (bicyclic) bond motifs is 1. The van der Waals surface area contributed by atoms with Gasteiger partial charge >= 0.3 is 0 Å². The van der Waals surface area contributed by atoms with Gasteiger partial charge in [-0.05, 0) is 94.3 Å². The van der Waals surface area contributed by atoms with Crippen molar-refractivity contribution < 1.29 is 9.59 Å². The molecule has 0 spiro atoms. The number of aliphatic imine (C=N–C) groups is 1. The van der Waals surface area contributed by atoms with E-state index in [1.807, 2.05) is 72.2 Å². The highest BCUT2D eigenvalue weighted by Crippen LogP contribution is 2.59. The van der Waals surface area contributed by atoms with Crippen LogP contribution in [-0.4, -0.2) is 80.9 Å². The number of hydrogen-bond donors (Lipinski definition) is 0. The molecule has 4 aliphatic heterocycles. The molecule has 7 nitrogen and oxygen atoms in total. The second-order valence-electron chi connectivity index (χ2n) is 13.8. The van der Waals surface area contributed by atoms with Gasteiger partial charge in [-0.2, -0.15) is 0 Å². The largest absolute Gasteiger partial charge is 0.335 e. The zero-order chi connectivity index (χ0) is 32.5. The molecule has 10 heteroatoms. The minimum Gasteiger partial charge on any atom is -0.335 e. The van der Waals surface area contributed by atoms with Crippen LogP contribution in [0.5, 0.6) is 0 Å². The highest BCUT2D eigenvalue weighted by Gasteiger charge is 2.69. The SMILES string of the molecule is CC(C)C1=CSC2=N[C@@](C)(c3ccc(Cl)cc3)[C@@](C(=O)N3CCC[C@]3(C)C(=O)N3C[C@H](C)N(C)C[C@@H]3C)(c3ccc(Cl)cc3)N12. The van der Waals surface area contributed by atoms with E-state index >= 15 is 4.79 Å². The molecule has 4 heterocycles. The number of thioether (sulfide) groups is 1. The Morgan fingerprint density at radius 2 is 1.51 bits per heavy atom. The number of halogens is 2. The highest BCUT2D eigenvalue weighted by molar-refractivity contribution is 8.16. The molecule has 4 aliphatic rings. The number of rotatable bonds is 5. The summed E-state index contributed by atoms with van der Waals surface area (Å²) in [5, 5.41) is 4.09. The quantitative estimate of drug-likeness (QED) is 0.345. The predicted octanol–water partition coefficient (Wildman–Crippen LogP) is 6.95. The summed E-state index contributed by atoms with van der Waals surface area (Å²) in [5.41, 5.74) is -0.707. The molecule has 45 heavy (non-hydrogen) atoms. The zero-order valence-electron chi connectivity index (χ0n) is 27.2. The van der Waals surface area contributed by atoms with Gasteiger partial charge in [0.2, 0.25) is 5.91 Å². The van der Waals surface area contributed by atoms with Crippen molar-refractivity contribution in [2.45, 2.75) is 83.1 Å². The second kappa shape index (κ2) is 11.6. The number of hydrogen-bond acceptors (Lipinski definition) is 6. The zero-order valence-corrected chi connectivity index (χ0v) is 29.5. The number of piperazine rings is 1. The Bertz CT molecular complexity index is 1560. The first-order valence-corrected chi connectivity index (χ1v) is 17.5. The first kappa shape index (κ1) is 32.4. The van der Waals surface area contributed by atoms with Crippen LogP contribution in [-0.2, 0) is 20.7 Å². The maximum atomic E-state index is 16.0. The Kier molecular flexibility index (Phi) is 8.37. The molecule has 0 aliphatic carbocycles. The van der Waals surface area contributed by atoms with E-state index in [1.165, 1.54) is 0 Å². The Morgan fingerprint density at radius 1 is 0.911 bits per heavy atom. The van der Waals surface area contributed by atoms with Crippen LogP contribution in [0.4, 0.5) is 0 Å². The summed E-state index contributed by atoms with van der Waals surface area (Å²) < 4.78 is 0. The maximum absolute atomic E-state index is 16.0. The summed E-state index contributed by atoms with van der Waals surface area (Å²) in [6.45, 7) is 14.5. The topological polar surface area (TPSA) is 59.5 Å². The van der Waals surface area contributed by atoms with E-state index in [1.54, 1.807) is 11.8 Å². The van der Waals surface area contributed by atoms with Crippen molar-refractivity contribution in [3.63, 3.8) is 0 Å². The van der Waals surface area contributed by atoms with Gasteiger partial charge in [0, 0.05) is 47.5 Å². The minimum absolute atomic E-state index is 0.0230. The third-order valence-corrected chi connectivity index (χ3v) is 11.9. The fourth-order valence-electron chi connectivity index (χ4n) is 7.80. The Morgan fingerprint density at radius 3 is 2.11 bits per heavy atom. The Balaban J connectivity index is 1.56. The van der Waals surface area contributed by atoms with Gasteiger partial charge in [-0.3, -0.25) is 14.5 Å². The van der Waals surface area contributed by atoms with Crippen molar-refractivity contribution >= 4 is 51.9 Å². The predicted molar refractivity (Wildman–Crippen MR) is 184 cm³/mol. The van der Waals surface area contributed by atoms with Gasteiger partial charge in [0.05, 0.1) is 0 Å². The van der Waals surface area contributed by atoms with Crippen LogP contribution >= 0.6 is 35.0 Å². The summed E-state index contributed by atoms with van der Waals surface area (Å²) >= 11 is 14.4. The number of likely N-dealkylation sites (tertiary alicyclic amines) is 1. The van der Waals surface area contributed by atoms with Gasteiger partial charge in [-0.25, -0.2) is 4.99 Å². The van der Waals surface area contributed by atoms with Gasteiger partial charge in [0.25, 0.3) is 5.91 Å². The third kappa shape index (κ3) is 4.85. The summed E-state index contributed by atoms with van der Waals surface area (Å²) in [5.74, 6) is 0.0181. The molecular formula is C35H43Cl2N5O2S. The van der Waals surface area contributed by atoms with Gasteiger partial charge in [-0.15, -0.1) is 0 Å². The summed E-state index contributed by atoms with van der Waals surface area (Å²) in [4.78, 5) is 44.4. The molecule has 2 saturated heterocycles. The van der Waals surface area contributed by atoms with E-state index < -0.39 is 16.6 Å². The van der Waals surface area contributed by atoms with Gasteiger partial charge in [-0.1, -0.05) is 73.1 Å². The van der Waals surface area contributed by atoms with Crippen LogP contribution in [0, 0.1) is 5.92 Å². The lowest BCUT2D eigenvalue weighted by Crippen LogP contribution is -2.69. The average Bonchev–Trinajstić information content (AvgIpc) is 3.67. The van der Waals surface area contributed by atoms with Crippen LogP contribution in [0.15, 0.2) is 64.6 Å². The van der Waals surface area contributed by atoms with Crippen LogP contribution in [0.25, 0.3) is 0 Å².